The van der Waals surface area contributed by atoms with Crippen LogP contribution >= 0.6 is 0 Å². The Morgan fingerprint density at radius 1 is 0.579 bits per heavy atom. The van der Waals surface area contributed by atoms with Crippen LogP contribution in [0.3, 0.4) is 0 Å². The van der Waals surface area contributed by atoms with Gasteiger partial charge in [0.1, 0.15) is 91.6 Å². The molecule has 4 saturated heterocycles. The first-order valence-electron chi connectivity index (χ1n) is 27.4. The summed E-state index contributed by atoms with van der Waals surface area (Å²) in [6.45, 7) is 14.0. The smallest absolute Gasteiger partial charge is 0.187 e. The van der Waals surface area contributed by atoms with Crippen molar-refractivity contribution < 1.29 is 114 Å². The van der Waals surface area contributed by atoms with E-state index in [9.17, 15) is 76.6 Å². The Hall–Kier alpha value is -1.18. The summed E-state index contributed by atoms with van der Waals surface area (Å²) >= 11 is 0. The first-order chi connectivity index (χ1) is 35.5. The summed E-state index contributed by atoms with van der Waals surface area (Å²) in [5, 5.41) is 164. The lowest BCUT2D eigenvalue weighted by Gasteiger charge is -2.71. The molecule has 0 amide bonds. The van der Waals surface area contributed by atoms with Gasteiger partial charge in [-0.25, -0.2) is 0 Å². The van der Waals surface area contributed by atoms with Gasteiger partial charge in [0.25, 0.3) is 0 Å². The number of ether oxygens (including phenoxy) is 8. The maximum absolute atomic E-state index is 12.8. The molecule has 8 aliphatic rings. The highest BCUT2D eigenvalue weighted by Crippen LogP contribution is 2.76. The van der Waals surface area contributed by atoms with Gasteiger partial charge < -0.3 is 114 Å². The van der Waals surface area contributed by atoms with Crippen LogP contribution in [-0.4, -0.2) is 244 Å². The van der Waals surface area contributed by atoms with Crippen molar-refractivity contribution >= 4 is 0 Å². The van der Waals surface area contributed by atoms with Gasteiger partial charge in [-0.1, -0.05) is 46.3 Å². The second-order valence-electron chi connectivity index (χ2n) is 25.4. The molecule has 8 fully saturated rings. The Labute approximate surface area is 444 Å². The Morgan fingerprint density at radius 3 is 1.71 bits per heavy atom. The molecular formula is C53H90O23. The molecule has 30 atom stereocenters. The van der Waals surface area contributed by atoms with Crippen LogP contribution in [0.2, 0.25) is 0 Å². The van der Waals surface area contributed by atoms with Crippen LogP contribution in [0.15, 0.2) is 11.6 Å². The molecule has 76 heavy (non-hydrogen) atoms. The molecule has 4 saturated carbocycles. The Morgan fingerprint density at radius 2 is 1.11 bits per heavy atom. The normalized spacial score (nSPS) is 53.0. The van der Waals surface area contributed by atoms with Crippen molar-refractivity contribution in [2.75, 3.05) is 26.4 Å². The molecule has 4 aliphatic carbocycles. The van der Waals surface area contributed by atoms with E-state index in [1.165, 1.54) is 0 Å². The molecule has 23 nitrogen and oxygen atoms in total. The number of rotatable bonds is 16. The number of hydrogen-bond acceptors (Lipinski definition) is 23. The van der Waals surface area contributed by atoms with Gasteiger partial charge in [-0.05, 0) is 117 Å². The largest absolute Gasteiger partial charge is 0.394 e. The molecule has 0 radical (unpaired) electrons. The Kier molecular flexibility index (Phi) is 18.3. The molecule has 4 heterocycles. The first kappa shape index (κ1) is 60.9. The summed E-state index contributed by atoms with van der Waals surface area (Å²) in [7, 11) is 0. The molecule has 0 aromatic rings. The topological polar surface area (TPSA) is 377 Å². The maximum Gasteiger partial charge on any atom is 0.187 e. The molecule has 8 rings (SSSR count). The summed E-state index contributed by atoms with van der Waals surface area (Å²) in [4.78, 5) is 0. The zero-order valence-corrected chi connectivity index (χ0v) is 45.0. The van der Waals surface area contributed by atoms with E-state index in [1.54, 1.807) is 0 Å². The third kappa shape index (κ3) is 10.4. The SMILES string of the molecule is CC(C)=CCCC(C)(OC1OC(COC2OC(CO)C(O)C2O)C(O)C(O)C1O)C1CCC2(C)C1C(O)CC1C3(C)CCC(OC4OC(CO)C(O)C(O)C4OC4OC(CO)C(O)C(O)C4O)C(C)(C)C3C(O)CC12C. The average molecular weight is 1100 g/mol. The minimum absolute atomic E-state index is 0.123. The second kappa shape index (κ2) is 22.9. The van der Waals surface area contributed by atoms with E-state index in [0.717, 1.165) is 5.57 Å². The van der Waals surface area contributed by atoms with Crippen molar-refractivity contribution in [3.63, 3.8) is 0 Å². The lowest BCUT2D eigenvalue weighted by atomic mass is 9.34. The fourth-order valence-electron chi connectivity index (χ4n) is 16.2. The van der Waals surface area contributed by atoms with E-state index < -0.39 is 195 Å². The number of aliphatic hydroxyl groups is 15. The van der Waals surface area contributed by atoms with Crippen LogP contribution in [0, 0.1) is 45.3 Å². The molecule has 30 unspecified atom stereocenters. The van der Waals surface area contributed by atoms with Crippen molar-refractivity contribution in [2.45, 2.75) is 247 Å². The van der Waals surface area contributed by atoms with Crippen LogP contribution in [-0.2, 0) is 37.9 Å². The number of allylic oxidation sites excluding steroid dienone is 2. The lowest BCUT2D eigenvalue weighted by Crippen LogP contribution is -2.70. The number of hydrogen-bond donors (Lipinski definition) is 15. The van der Waals surface area contributed by atoms with Crippen molar-refractivity contribution in [3.05, 3.63) is 11.6 Å². The Bertz CT molecular complexity index is 1980. The van der Waals surface area contributed by atoms with Crippen molar-refractivity contribution in [2.24, 2.45) is 45.3 Å². The predicted molar refractivity (Wildman–Crippen MR) is 262 cm³/mol. The fourth-order valence-corrected chi connectivity index (χ4v) is 16.2. The number of aliphatic hydroxyl groups excluding tert-OH is 15. The van der Waals surface area contributed by atoms with Gasteiger partial charge in [-0.2, -0.15) is 0 Å². The second-order valence-corrected chi connectivity index (χ2v) is 25.4. The Balaban J connectivity index is 1.03. The standard InChI is InChI=1S/C53H90O23/c1-22(2)10-9-13-53(8,76-47-42(68)38(64)36(62)29(73-47)21-69-45-40(66)35(61)28(20-56)70-45)23-11-15-51(6)32(23)24(57)16-30-50(5)14-12-31(49(3,4)44(50)25(58)17-52(30,51)7)74-48-43(39(65)34(60)27(19-55)72-48)75-46-41(67)37(63)33(59)26(18-54)71-46/h10,23-48,54-68H,9,11-21H2,1-8H3. The van der Waals surface area contributed by atoms with Crippen molar-refractivity contribution in [1.82, 2.24) is 0 Å². The summed E-state index contributed by atoms with van der Waals surface area (Å²) in [5.74, 6) is -1.26. The van der Waals surface area contributed by atoms with E-state index in [4.69, 9.17) is 37.9 Å². The van der Waals surface area contributed by atoms with Crippen molar-refractivity contribution in [1.29, 1.82) is 0 Å². The van der Waals surface area contributed by atoms with E-state index in [-0.39, 0.29) is 17.8 Å². The molecule has 0 aromatic carbocycles. The highest BCUT2D eigenvalue weighted by Gasteiger charge is 2.74. The summed E-state index contributed by atoms with van der Waals surface area (Å²) < 4.78 is 48.6. The van der Waals surface area contributed by atoms with E-state index in [2.05, 4.69) is 26.8 Å². The summed E-state index contributed by atoms with van der Waals surface area (Å²) in [6, 6.07) is 0. The zero-order valence-electron chi connectivity index (χ0n) is 45.0. The van der Waals surface area contributed by atoms with Gasteiger partial charge in [0.2, 0.25) is 0 Å². The monoisotopic (exact) mass is 1090 g/mol. The van der Waals surface area contributed by atoms with E-state index in [0.29, 0.717) is 51.4 Å². The molecule has 15 N–H and O–H groups in total. The van der Waals surface area contributed by atoms with Gasteiger partial charge >= 0.3 is 0 Å². The fraction of sp³-hybridized carbons (Fsp3) is 0.962. The minimum Gasteiger partial charge on any atom is -0.394 e. The van der Waals surface area contributed by atoms with Gasteiger partial charge in [0, 0.05) is 0 Å². The molecular weight excluding hydrogens is 1000 g/mol. The van der Waals surface area contributed by atoms with Crippen LogP contribution < -0.4 is 0 Å². The van der Waals surface area contributed by atoms with Crippen LogP contribution in [0.25, 0.3) is 0 Å². The molecule has 0 aromatic heterocycles. The quantitative estimate of drug-likeness (QED) is 0.0557. The van der Waals surface area contributed by atoms with E-state index >= 15 is 0 Å². The third-order valence-corrected chi connectivity index (χ3v) is 20.4. The maximum atomic E-state index is 12.8. The molecule has 23 heteroatoms. The van der Waals surface area contributed by atoms with Crippen molar-refractivity contribution in [3.8, 4) is 0 Å². The molecule has 4 aliphatic heterocycles. The van der Waals surface area contributed by atoms with Crippen LogP contribution in [0.5, 0.6) is 0 Å². The molecule has 440 valence electrons. The lowest BCUT2D eigenvalue weighted by molar-refractivity contribution is -0.380. The molecule has 0 bridgehead atoms. The van der Waals surface area contributed by atoms with Gasteiger partial charge in [-0.15, -0.1) is 0 Å². The van der Waals surface area contributed by atoms with E-state index in [1.807, 2.05) is 34.6 Å². The minimum atomic E-state index is -1.85. The third-order valence-electron chi connectivity index (χ3n) is 20.4. The predicted octanol–water partition coefficient (Wildman–Crippen LogP) is -2.59. The van der Waals surface area contributed by atoms with Gasteiger partial charge in [-0.3, -0.25) is 0 Å². The highest BCUT2D eigenvalue weighted by atomic mass is 16.8. The zero-order chi connectivity index (χ0) is 55.9. The average Bonchev–Trinajstić information content (AvgIpc) is 3.90. The highest BCUT2D eigenvalue weighted by molar-refractivity contribution is 5.22. The van der Waals surface area contributed by atoms with Crippen LogP contribution in [0.1, 0.15) is 107 Å². The van der Waals surface area contributed by atoms with Gasteiger partial charge in [0.15, 0.2) is 25.2 Å². The molecule has 0 spiro atoms. The summed E-state index contributed by atoms with van der Waals surface area (Å²) in [5.41, 5.74) is -2.59. The summed E-state index contributed by atoms with van der Waals surface area (Å²) in [6.07, 6.45) is -26.0. The first-order valence-corrected chi connectivity index (χ1v) is 27.4. The van der Waals surface area contributed by atoms with Crippen LogP contribution in [0.4, 0.5) is 0 Å². The number of fused-ring (bicyclic) bond motifs is 5. The van der Waals surface area contributed by atoms with Gasteiger partial charge in [0.05, 0.1) is 50.3 Å².